The summed E-state index contributed by atoms with van der Waals surface area (Å²) in [5, 5.41) is 42.1. The van der Waals surface area contributed by atoms with Gasteiger partial charge < -0.3 is 67.0 Å². The van der Waals surface area contributed by atoms with E-state index in [0.29, 0.717) is 73.9 Å². The highest BCUT2D eigenvalue weighted by Crippen LogP contribution is 2.16. The minimum absolute atomic E-state index is 0.0206. The molecule has 0 spiro atoms. The van der Waals surface area contributed by atoms with Crippen LogP contribution in [0.5, 0.6) is 23.0 Å². The molecule has 0 radical (unpaired) electrons. The second-order valence-electron chi connectivity index (χ2n) is 16.3. The minimum atomic E-state index is -0.807. The van der Waals surface area contributed by atoms with Crippen molar-refractivity contribution >= 4 is 35.2 Å². The van der Waals surface area contributed by atoms with Gasteiger partial charge in [0.2, 0.25) is 5.91 Å². The maximum atomic E-state index is 12.5. The molecule has 19 nitrogen and oxygen atoms in total. The quantitative estimate of drug-likeness (QED) is 0.0202. The lowest BCUT2D eigenvalue weighted by atomic mass is 10.2. The Morgan fingerprint density at radius 2 is 0.942 bits per heavy atom. The van der Waals surface area contributed by atoms with Crippen molar-refractivity contribution < 1.29 is 33.6 Å². The van der Waals surface area contributed by atoms with Crippen LogP contribution >= 0.6 is 0 Å². The standard InChI is InChI=1S/C25H36N6O4.C25H34N6O3/c26-24(27)19-3-7-21(8-4-19)34-17-1-12-30-13-16-31(15-11-23(32)33)14-2-18-35-22-9-5-20(6-10-22)25(28)29;26-24(27)19-3-7-21(8-4-19)33-17-1-12-30-14-11-23(32)31(16-15-30)13-2-18-34-22-9-5-20(6-10-22)25(28)29/h3-10,30H,1-2,11-18H2,(H3,26,27)(H3,28,29)(H,32,33);3-10H,1-2,11-18H2,(H3,26,27)(H3,28,29). The van der Waals surface area contributed by atoms with Crippen LogP contribution < -0.4 is 47.2 Å². The molecule has 0 aliphatic carbocycles. The Hall–Kier alpha value is -7.22. The fraction of sp³-hybridized carbons (Fsp3) is 0.400. The largest absolute Gasteiger partial charge is 0.494 e. The van der Waals surface area contributed by atoms with Gasteiger partial charge in [-0.05, 0) is 129 Å². The summed E-state index contributed by atoms with van der Waals surface area (Å²) >= 11 is 0. The maximum Gasteiger partial charge on any atom is 0.304 e. The molecular weight excluding hydrogens is 881 g/mol. The number of hydrogen-bond acceptors (Lipinski definition) is 13. The van der Waals surface area contributed by atoms with Crippen molar-refractivity contribution in [3.8, 4) is 23.0 Å². The lowest BCUT2D eigenvalue weighted by molar-refractivity contribution is -0.137. The zero-order chi connectivity index (χ0) is 49.8. The maximum absolute atomic E-state index is 12.5. The number of amides is 1. The van der Waals surface area contributed by atoms with Crippen LogP contribution in [0.3, 0.4) is 0 Å². The number of carboxylic acid groups (broad SMARTS) is 1. The number of ether oxygens (including phenoxy) is 4. The van der Waals surface area contributed by atoms with Crippen LogP contribution in [-0.2, 0) is 9.59 Å². The van der Waals surface area contributed by atoms with Crippen molar-refractivity contribution in [1.29, 1.82) is 21.6 Å². The van der Waals surface area contributed by atoms with E-state index in [0.717, 1.165) is 95.3 Å². The van der Waals surface area contributed by atoms with Crippen molar-refractivity contribution in [1.82, 2.24) is 20.0 Å². The number of amidine groups is 4. The first-order valence-corrected chi connectivity index (χ1v) is 23.2. The molecule has 4 aromatic carbocycles. The molecule has 0 aromatic heterocycles. The molecule has 0 bridgehead atoms. The summed E-state index contributed by atoms with van der Waals surface area (Å²) in [4.78, 5) is 29.8. The minimum Gasteiger partial charge on any atom is -0.494 e. The lowest BCUT2D eigenvalue weighted by Gasteiger charge is -2.22. The molecule has 19 heteroatoms. The molecule has 372 valence electrons. The van der Waals surface area contributed by atoms with E-state index in [9.17, 15) is 9.59 Å². The van der Waals surface area contributed by atoms with Crippen molar-refractivity contribution in [2.45, 2.75) is 38.5 Å². The Morgan fingerprint density at radius 1 is 0.536 bits per heavy atom. The van der Waals surface area contributed by atoms with Gasteiger partial charge in [-0.3, -0.25) is 31.2 Å². The van der Waals surface area contributed by atoms with E-state index in [4.69, 9.17) is 68.6 Å². The lowest BCUT2D eigenvalue weighted by Crippen LogP contribution is -2.35. The predicted molar refractivity (Wildman–Crippen MR) is 269 cm³/mol. The summed E-state index contributed by atoms with van der Waals surface area (Å²) in [5.74, 6) is 2.47. The summed E-state index contributed by atoms with van der Waals surface area (Å²) in [5.41, 5.74) is 24.5. The van der Waals surface area contributed by atoms with Crippen molar-refractivity contribution in [2.24, 2.45) is 22.9 Å². The van der Waals surface area contributed by atoms with Gasteiger partial charge in [-0.1, -0.05) is 0 Å². The summed E-state index contributed by atoms with van der Waals surface area (Å²) in [6.45, 7) is 9.61. The first-order valence-electron chi connectivity index (χ1n) is 23.2. The van der Waals surface area contributed by atoms with E-state index in [-0.39, 0.29) is 35.7 Å². The molecule has 69 heavy (non-hydrogen) atoms. The van der Waals surface area contributed by atoms with Crippen LogP contribution in [-0.4, -0.2) is 147 Å². The molecule has 1 amide bonds. The van der Waals surface area contributed by atoms with Crippen LogP contribution in [0.4, 0.5) is 0 Å². The SMILES string of the molecule is N=C(N)c1ccc(OCCCN2CCC(=O)N(CCCOc3ccc(C(=N)N)cc3)CC2)cc1.N=C(N)c1ccc(OCCCNCCN(CCCOc2ccc(C(=N)N)cc2)CCC(=O)O)cc1. The van der Waals surface area contributed by atoms with Gasteiger partial charge >= 0.3 is 5.97 Å². The van der Waals surface area contributed by atoms with Gasteiger partial charge in [0, 0.05) is 87.6 Å². The summed E-state index contributed by atoms with van der Waals surface area (Å²) in [6, 6.07) is 28.5. The van der Waals surface area contributed by atoms with Gasteiger partial charge in [0.15, 0.2) is 0 Å². The number of nitrogens with zero attached hydrogens (tertiary/aromatic N) is 3. The number of carbonyl (C=O) groups excluding carboxylic acids is 1. The predicted octanol–water partition coefficient (Wildman–Crippen LogP) is 3.89. The number of nitrogen functional groups attached to an aromatic ring is 4. The third-order valence-electron chi connectivity index (χ3n) is 11.0. The van der Waals surface area contributed by atoms with E-state index in [1.807, 2.05) is 17.0 Å². The Balaban J connectivity index is 0.000000301. The van der Waals surface area contributed by atoms with Gasteiger partial charge in [-0.15, -0.1) is 0 Å². The Labute approximate surface area is 405 Å². The Bertz CT molecular complexity index is 2210. The molecule has 1 saturated heterocycles. The van der Waals surface area contributed by atoms with E-state index in [1.165, 1.54) is 0 Å². The zero-order valence-electron chi connectivity index (χ0n) is 39.4. The molecular formula is C50H70N12O7. The highest BCUT2D eigenvalue weighted by molar-refractivity contribution is 5.96. The third kappa shape index (κ3) is 21.5. The fourth-order valence-electron chi connectivity index (χ4n) is 7.03. The van der Waals surface area contributed by atoms with Crippen molar-refractivity contribution in [3.63, 3.8) is 0 Å². The molecule has 0 atom stereocenters. The molecule has 0 saturated carbocycles. The zero-order valence-corrected chi connectivity index (χ0v) is 39.4. The molecule has 4 aromatic rings. The van der Waals surface area contributed by atoms with Crippen molar-refractivity contribution in [2.75, 3.05) is 91.9 Å². The van der Waals surface area contributed by atoms with Crippen LogP contribution in [0.25, 0.3) is 0 Å². The Morgan fingerprint density at radius 3 is 1.36 bits per heavy atom. The van der Waals surface area contributed by atoms with Crippen LogP contribution in [0.1, 0.15) is 60.8 Å². The topological polar surface area (TPSA) is 313 Å². The molecule has 1 heterocycles. The van der Waals surface area contributed by atoms with Crippen LogP contribution in [0.2, 0.25) is 0 Å². The number of nitrogens with two attached hydrogens (primary N) is 4. The van der Waals surface area contributed by atoms with Crippen LogP contribution in [0, 0.1) is 21.6 Å². The summed E-state index contributed by atoms with van der Waals surface area (Å²) < 4.78 is 23.0. The molecule has 5 rings (SSSR count). The van der Waals surface area contributed by atoms with E-state index < -0.39 is 5.97 Å². The normalized spacial score (nSPS) is 12.6. The number of benzene rings is 4. The van der Waals surface area contributed by atoms with E-state index in [1.54, 1.807) is 84.9 Å². The highest BCUT2D eigenvalue weighted by Gasteiger charge is 2.20. The summed E-state index contributed by atoms with van der Waals surface area (Å²) in [6.07, 6.45) is 3.86. The second kappa shape index (κ2) is 30.2. The molecule has 1 aliphatic heterocycles. The number of aliphatic carboxylic acids is 1. The van der Waals surface area contributed by atoms with Gasteiger partial charge in [0.25, 0.3) is 0 Å². The molecule has 1 fully saturated rings. The van der Waals surface area contributed by atoms with Gasteiger partial charge in [-0.2, -0.15) is 0 Å². The number of rotatable bonds is 30. The molecule has 14 N–H and O–H groups in total. The summed E-state index contributed by atoms with van der Waals surface area (Å²) in [7, 11) is 0. The fourth-order valence-corrected chi connectivity index (χ4v) is 7.03. The van der Waals surface area contributed by atoms with E-state index >= 15 is 0 Å². The smallest absolute Gasteiger partial charge is 0.304 e. The monoisotopic (exact) mass is 951 g/mol. The average Bonchev–Trinajstić information content (AvgIpc) is 3.52. The van der Waals surface area contributed by atoms with E-state index in [2.05, 4.69) is 15.1 Å². The average molecular weight is 951 g/mol. The molecule has 0 unspecified atom stereocenters. The van der Waals surface area contributed by atoms with Crippen molar-refractivity contribution in [3.05, 3.63) is 119 Å². The van der Waals surface area contributed by atoms with Gasteiger partial charge in [-0.25, -0.2) is 0 Å². The molecule has 1 aliphatic rings. The Kier molecular flexibility index (Phi) is 23.8. The number of hydrogen-bond donors (Lipinski definition) is 10. The first-order chi connectivity index (χ1) is 33.3. The number of carboxylic acids is 1. The van der Waals surface area contributed by atoms with Gasteiger partial charge in [0.1, 0.15) is 46.3 Å². The number of nitrogens with one attached hydrogen (secondary N) is 5. The second-order valence-corrected chi connectivity index (χ2v) is 16.3. The van der Waals surface area contributed by atoms with Gasteiger partial charge in [0.05, 0.1) is 32.8 Å². The number of carbonyl (C=O) groups is 2. The first kappa shape index (κ1) is 54.4. The highest BCUT2D eigenvalue weighted by atomic mass is 16.5. The van der Waals surface area contributed by atoms with Crippen LogP contribution in [0.15, 0.2) is 97.1 Å². The third-order valence-corrected chi connectivity index (χ3v) is 11.0.